The maximum absolute atomic E-state index is 13.9. The molecule has 2 aromatic carbocycles. The van der Waals surface area contributed by atoms with Gasteiger partial charge in [-0.1, -0.05) is 35.9 Å². The number of amides is 1. The van der Waals surface area contributed by atoms with Crippen molar-refractivity contribution < 1.29 is 13.6 Å². The van der Waals surface area contributed by atoms with Crippen molar-refractivity contribution in [1.29, 1.82) is 0 Å². The first-order valence-corrected chi connectivity index (χ1v) is 10.2. The van der Waals surface area contributed by atoms with Crippen molar-refractivity contribution in [2.24, 2.45) is 0 Å². The van der Waals surface area contributed by atoms with E-state index in [2.05, 4.69) is 4.98 Å². The number of aromatic nitrogens is 1. The number of oxazole rings is 1. The number of aryl methyl sites for hydroxylation is 1. The van der Waals surface area contributed by atoms with Crippen LogP contribution in [-0.2, 0) is 17.8 Å². The van der Waals surface area contributed by atoms with E-state index in [1.807, 2.05) is 48.2 Å². The second-order valence-corrected chi connectivity index (χ2v) is 7.78. The monoisotopic (exact) mass is 429 g/mol. The number of carbonyl (C=O) groups excluding carboxylic acids is 1. The van der Waals surface area contributed by atoms with Crippen molar-refractivity contribution in [2.75, 3.05) is 27.2 Å². The van der Waals surface area contributed by atoms with Crippen molar-refractivity contribution in [1.82, 2.24) is 14.8 Å². The van der Waals surface area contributed by atoms with E-state index < -0.39 is 0 Å². The van der Waals surface area contributed by atoms with Crippen LogP contribution in [0.5, 0.6) is 0 Å². The molecule has 0 aliphatic carbocycles. The smallest absolute Gasteiger partial charge is 0.223 e. The van der Waals surface area contributed by atoms with Crippen molar-refractivity contribution >= 4 is 17.5 Å². The molecule has 0 saturated carbocycles. The summed E-state index contributed by atoms with van der Waals surface area (Å²) in [5.74, 6) is 0.424. The molecule has 0 fully saturated rings. The lowest BCUT2D eigenvalue weighted by atomic mass is 10.2. The quantitative estimate of drug-likeness (QED) is 0.496. The van der Waals surface area contributed by atoms with Gasteiger partial charge in [0.1, 0.15) is 5.82 Å². The largest absolute Gasteiger partial charge is 0.441 e. The summed E-state index contributed by atoms with van der Waals surface area (Å²) < 4.78 is 19.6. The van der Waals surface area contributed by atoms with Gasteiger partial charge >= 0.3 is 0 Å². The average Bonchev–Trinajstić information content (AvgIpc) is 3.19. The van der Waals surface area contributed by atoms with E-state index in [4.69, 9.17) is 16.0 Å². The molecule has 5 nitrogen and oxygen atoms in total. The van der Waals surface area contributed by atoms with E-state index in [1.54, 1.807) is 18.2 Å². The second kappa shape index (κ2) is 10.4. The molecule has 0 bridgehead atoms. The maximum Gasteiger partial charge on any atom is 0.223 e. The summed E-state index contributed by atoms with van der Waals surface area (Å²) in [5, 5.41) is 0.666. The highest BCUT2D eigenvalue weighted by Gasteiger charge is 2.17. The standard InChI is InChI=1S/C23H25ClFN3O2/c1-27(2)13-14-28(16-17-7-9-18(24)10-8-17)23(29)12-11-22-26-15-21(30-22)19-5-3-4-6-20(19)25/h3-10,15H,11-14,16H2,1-2H3. The average molecular weight is 430 g/mol. The third-order valence-electron chi connectivity index (χ3n) is 4.70. The summed E-state index contributed by atoms with van der Waals surface area (Å²) in [6, 6.07) is 13.9. The molecule has 1 heterocycles. The van der Waals surface area contributed by atoms with Crippen molar-refractivity contribution in [3.8, 4) is 11.3 Å². The molecule has 0 saturated heterocycles. The van der Waals surface area contributed by atoms with Crippen molar-refractivity contribution in [2.45, 2.75) is 19.4 Å². The van der Waals surface area contributed by atoms with Crippen LogP contribution in [0.2, 0.25) is 5.02 Å². The summed E-state index contributed by atoms with van der Waals surface area (Å²) >= 11 is 5.96. The van der Waals surface area contributed by atoms with Gasteiger partial charge in [-0.3, -0.25) is 4.79 Å². The number of likely N-dealkylation sites (N-methyl/N-ethyl adjacent to an activating group) is 1. The van der Waals surface area contributed by atoms with Gasteiger partial charge < -0.3 is 14.2 Å². The van der Waals surface area contributed by atoms with Crippen LogP contribution in [0.4, 0.5) is 4.39 Å². The van der Waals surface area contributed by atoms with E-state index in [9.17, 15) is 9.18 Å². The first kappa shape index (κ1) is 22.0. The van der Waals surface area contributed by atoms with Gasteiger partial charge in [0.15, 0.2) is 11.7 Å². The van der Waals surface area contributed by atoms with Gasteiger partial charge in [-0.05, 0) is 43.9 Å². The molecule has 7 heteroatoms. The Labute approximate surface area is 181 Å². The summed E-state index contributed by atoms with van der Waals surface area (Å²) in [6.07, 6.45) is 2.11. The minimum atomic E-state index is -0.367. The molecule has 0 unspecified atom stereocenters. The molecule has 30 heavy (non-hydrogen) atoms. The lowest BCUT2D eigenvalue weighted by Crippen LogP contribution is -2.36. The van der Waals surface area contributed by atoms with Gasteiger partial charge in [-0.15, -0.1) is 0 Å². The predicted octanol–water partition coefficient (Wildman–Crippen LogP) is 4.66. The van der Waals surface area contributed by atoms with Crippen LogP contribution in [0.1, 0.15) is 17.9 Å². The first-order valence-electron chi connectivity index (χ1n) is 9.79. The van der Waals surface area contributed by atoms with E-state index in [0.717, 1.165) is 12.1 Å². The van der Waals surface area contributed by atoms with Crippen LogP contribution in [0.3, 0.4) is 0 Å². The van der Waals surface area contributed by atoms with Crippen LogP contribution in [0.15, 0.2) is 59.1 Å². The molecule has 3 aromatic rings. The Balaban J connectivity index is 1.63. The Morgan fingerprint density at radius 3 is 2.53 bits per heavy atom. The molecule has 3 rings (SSSR count). The highest BCUT2D eigenvalue weighted by molar-refractivity contribution is 6.30. The number of rotatable bonds is 9. The number of nitrogens with zero attached hydrogens (tertiary/aromatic N) is 3. The number of benzene rings is 2. The zero-order chi connectivity index (χ0) is 21.5. The molecule has 1 aromatic heterocycles. The van der Waals surface area contributed by atoms with Crippen LogP contribution in [-0.4, -0.2) is 47.9 Å². The number of hydrogen-bond acceptors (Lipinski definition) is 4. The fourth-order valence-electron chi connectivity index (χ4n) is 3.01. The van der Waals surface area contributed by atoms with Gasteiger partial charge in [-0.2, -0.15) is 0 Å². The molecule has 0 atom stereocenters. The molecule has 0 spiro atoms. The first-order chi connectivity index (χ1) is 14.4. The lowest BCUT2D eigenvalue weighted by molar-refractivity contribution is -0.132. The highest BCUT2D eigenvalue weighted by atomic mass is 35.5. The normalized spacial score (nSPS) is 11.1. The highest BCUT2D eigenvalue weighted by Crippen LogP contribution is 2.23. The molecule has 1 amide bonds. The molecule has 0 aliphatic heterocycles. The van der Waals surface area contributed by atoms with Gasteiger partial charge in [0, 0.05) is 37.5 Å². The minimum absolute atomic E-state index is 0.0115. The zero-order valence-corrected chi connectivity index (χ0v) is 17.9. The van der Waals surface area contributed by atoms with Crippen molar-refractivity contribution in [3.63, 3.8) is 0 Å². The third-order valence-corrected chi connectivity index (χ3v) is 4.95. The topological polar surface area (TPSA) is 49.6 Å². The van der Waals surface area contributed by atoms with Crippen LogP contribution in [0.25, 0.3) is 11.3 Å². The van der Waals surface area contributed by atoms with Gasteiger partial charge in [0.05, 0.1) is 11.8 Å². The molecule has 0 aliphatic rings. The fourth-order valence-corrected chi connectivity index (χ4v) is 3.13. The molecular formula is C23H25ClFN3O2. The number of carbonyl (C=O) groups is 1. The Morgan fingerprint density at radius 1 is 1.10 bits per heavy atom. The van der Waals surface area contributed by atoms with E-state index in [-0.39, 0.29) is 18.1 Å². The number of halogens is 2. The predicted molar refractivity (Wildman–Crippen MR) is 116 cm³/mol. The SMILES string of the molecule is CN(C)CCN(Cc1ccc(Cl)cc1)C(=O)CCc1ncc(-c2ccccc2F)o1. The van der Waals surface area contributed by atoms with Crippen molar-refractivity contribution in [3.05, 3.63) is 77.0 Å². The van der Waals surface area contributed by atoms with E-state index >= 15 is 0 Å². The van der Waals surface area contributed by atoms with Gasteiger partial charge in [0.25, 0.3) is 0 Å². The van der Waals surface area contributed by atoms with Gasteiger partial charge in [0.2, 0.25) is 5.91 Å². The molecule has 0 radical (unpaired) electrons. The third kappa shape index (κ3) is 6.15. The Bertz CT molecular complexity index is 973. The molecular weight excluding hydrogens is 405 g/mol. The molecule has 0 N–H and O–H groups in total. The Kier molecular flexibility index (Phi) is 7.60. The summed E-state index contributed by atoms with van der Waals surface area (Å²) in [6.45, 7) is 1.88. The summed E-state index contributed by atoms with van der Waals surface area (Å²) in [7, 11) is 3.95. The van der Waals surface area contributed by atoms with Crippen LogP contribution < -0.4 is 0 Å². The van der Waals surface area contributed by atoms with Crippen LogP contribution >= 0.6 is 11.6 Å². The lowest BCUT2D eigenvalue weighted by Gasteiger charge is -2.24. The number of hydrogen-bond donors (Lipinski definition) is 0. The van der Waals surface area contributed by atoms with E-state index in [0.29, 0.717) is 41.7 Å². The zero-order valence-electron chi connectivity index (χ0n) is 17.1. The second-order valence-electron chi connectivity index (χ2n) is 7.34. The fraction of sp³-hybridized carbons (Fsp3) is 0.304. The van der Waals surface area contributed by atoms with Gasteiger partial charge in [-0.25, -0.2) is 9.37 Å². The van der Waals surface area contributed by atoms with E-state index in [1.165, 1.54) is 12.3 Å². The summed E-state index contributed by atoms with van der Waals surface area (Å²) in [5.41, 5.74) is 1.38. The van der Waals surface area contributed by atoms with Crippen LogP contribution in [0, 0.1) is 5.82 Å². The maximum atomic E-state index is 13.9. The Hall–Kier alpha value is -2.70. The summed E-state index contributed by atoms with van der Waals surface area (Å²) in [4.78, 5) is 21.0. The molecule has 158 valence electrons. The Morgan fingerprint density at radius 2 is 1.83 bits per heavy atom. The minimum Gasteiger partial charge on any atom is -0.441 e.